The van der Waals surface area contributed by atoms with Gasteiger partial charge in [0.2, 0.25) is 0 Å². The van der Waals surface area contributed by atoms with Crippen molar-refractivity contribution in [2.24, 2.45) is 0 Å². The van der Waals surface area contributed by atoms with Gasteiger partial charge in [-0.25, -0.2) is 0 Å². The zero-order chi connectivity index (χ0) is 18.6. The second-order valence-electron chi connectivity index (χ2n) is 9.04. The Morgan fingerprint density at radius 2 is 0.615 bits per heavy atom. The molecule has 0 heterocycles. The van der Waals surface area contributed by atoms with E-state index in [0.29, 0.717) is 0 Å². The van der Waals surface area contributed by atoms with Crippen LogP contribution in [0.2, 0.25) is 0 Å². The van der Waals surface area contributed by atoms with Crippen molar-refractivity contribution in [3.05, 3.63) is 0 Å². The first-order chi connectivity index (χ1) is 12.1. The van der Waals surface area contributed by atoms with Crippen LogP contribution in [0.5, 0.6) is 0 Å². The molecule has 2 heteroatoms. The molecule has 0 bridgehead atoms. The zero-order valence-electron chi connectivity index (χ0n) is 19.0. The molecule has 0 fully saturated rings. The molecule has 0 N–H and O–H groups in total. The Morgan fingerprint density at radius 3 is 0.885 bits per heavy atom. The summed E-state index contributed by atoms with van der Waals surface area (Å²) in [5.41, 5.74) is 0. The molecule has 0 unspecified atom stereocenters. The van der Waals surface area contributed by atoms with E-state index in [2.05, 4.69) is 27.9 Å². The van der Waals surface area contributed by atoms with Crippen molar-refractivity contribution in [1.29, 1.82) is 0 Å². The summed E-state index contributed by atoms with van der Waals surface area (Å²) in [4.78, 5) is 0. The zero-order valence-corrected chi connectivity index (χ0v) is 19.7. The summed E-state index contributed by atoms with van der Waals surface area (Å²) in [5.74, 6) is 0. The third-order valence-corrected chi connectivity index (χ3v) is 5.73. The highest BCUT2D eigenvalue weighted by atomic mass is 35.5. The van der Waals surface area contributed by atoms with Gasteiger partial charge in [0.15, 0.2) is 0 Å². The predicted octanol–water partition coefficient (Wildman–Crippen LogP) is 5.13. The molecule has 0 aliphatic carbocycles. The molecular formula is C24H52ClN. The molecule has 0 saturated heterocycles. The molecule has 0 aliphatic heterocycles. The molecule has 0 amide bonds. The standard InChI is InChI=1S/C24H52N.ClH/c1-5-7-9-11-13-15-17-19-21-23-25(3,4)24-22-20-18-16-14-12-10-8-6-2;/h5-24H2,1-4H3;1H/q+1;/p-1. The summed E-state index contributed by atoms with van der Waals surface area (Å²) in [6, 6.07) is 0. The van der Waals surface area contributed by atoms with Crippen LogP contribution in [0.25, 0.3) is 0 Å². The van der Waals surface area contributed by atoms with E-state index in [4.69, 9.17) is 0 Å². The summed E-state index contributed by atoms with van der Waals surface area (Å²) in [7, 11) is 4.88. The Kier molecular flexibility index (Phi) is 23.6. The lowest BCUT2D eigenvalue weighted by Gasteiger charge is -2.30. The number of hydrogen-bond donors (Lipinski definition) is 0. The fourth-order valence-electron chi connectivity index (χ4n) is 3.81. The average Bonchev–Trinajstić information content (AvgIpc) is 2.59. The molecule has 0 rings (SSSR count). The highest BCUT2D eigenvalue weighted by Crippen LogP contribution is 2.13. The van der Waals surface area contributed by atoms with Crippen LogP contribution in [0.4, 0.5) is 0 Å². The Hall–Kier alpha value is 0.250. The molecule has 0 saturated carbocycles. The van der Waals surface area contributed by atoms with Gasteiger partial charge in [-0.3, -0.25) is 0 Å². The molecule has 160 valence electrons. The Morgan fingerprint density at radius 1 is 0.385 bits per heavy atom. The summed E-state index contributed by atoms with van der Waals surface area (Å²) in [6.07, 6.45) is 26.0. The van der Waals surface area contributed by atoms with Gasteiger partial charge >= 0.3 is 0 Å². The maximum atomic E-state index is 2.44. The molecule has 0 spiro atoms. The van der Waals surface area contributed by atoms with E-state index in [1.54, 1.807) is 0 Å². The molecule has 0 aromatic carbocycles. The van der Waals surface area contributed by atoms with Crippen molar-refractivity contribution < 1.29 is 16.9 Å². The van der Waals surface area contributed by atoms with Gasteiger partial charge in [-0.05, 0) is 25.7 Å². The van der Waals surface area contributed by atoms with Gasteiger partial charge in [-0.2, -0.15) is 0 Å². The summed E-state index contributed by atoms with van der Waals surface area (Å²) >= 11 is 0. The number of hydrogen-bond acceptors (Lipinski definition) is 0. The lowest BCUT2D eigenvalue weighted by molar-refractivity contribution is -0.890. The van der Waals surface area contributed by atoms with Crippen molar-refractivity contribution in [3.8, 4) is 0 Å². The maximum absolute atomic E-state index is 2.44. The van der Waals surface area contributed by atoms with Crippen LogP contribution in [-0.4, -0.2) is 31.7 Å². The Bertz CT molecular complexity index is 229. The van der Waals surface area contributed by atoms with Crippen LogP contribution in [0.15, 0.2) is 0 Å². The van der Waals surface area contributed by atoms with E-state index >= 15 is 0 Å². The van der Waals surface area contributed by atoms with Crippen LogP contribution in [0, 0.1) is 0 Å². The molecule has 0 atom stereocenters. The van der Waals surface area contributed by atoms with E-state index < -0.39 is 0 Å². The van der Waals surface area contributed by atoms with E-state index in [9.17, 15) is 0 Å². The van der Waals surface area contributed by atoms with Crippen LogP contribution >= 0.6 is 0 Å². The number of rotatable bonds is 20. The third-order valence-electron chi connectivity index (χ3n) is 5.73. The van der Waals surface area contributed by atoms with Crippen molar-refractivity contribution in [2.75, 3.05) is 27.2 Å². The second kappa shape index (κ2) is 21.5. The second-order valence-corrected chi connectivity index (χ2v) is 9.04. The molecule has 0 aromatic heterocycles. The summed E-state index contributed by atoms with van der Waals surface area (Å²) < 4.78 is 1.24. The fourth-order valence-corrected chi connectivity index (χ4v) is 3.81. The molecular weight excluding hydrogens is 338 g/mol. The van der Waals surface area contributed by atoms with E-state index in [-0.39, 0.29) is 12.4 Å². The van der Waals surface area contributed by atoms with Gasteiger partial charge < -0.3 is 16.9 Å². The van der Waals surface area contributed by atoms with Crippen molar-refractivity contribution in [2.45, 2.75) is 129 Å². The molecule has 26 heavy (non-hydrogen) atoms. The van der Waals surface area contributed by atoms with Crippen LogP contribution in [-0.2, 0) is 0 Å². The van der Waals surface area contributed by atoms with Gasteiger partial charge in [-0.15, -0.1) is 0 Å². The topological polar surface area (TPSA) is 0 Å². The summed E-state index contributed by atoms with van der Waals surface area (Å²) in [5, 5.41) is 0. The third kappa shape index (κ3) is 22.3. The first-order valence-electron chi connectivity index (χ1n) is 11.9. The lowest BCUT2D eigenvalue weighted by atomic mass is 10.1. The predicted molar refractivity (Wildman–Crippen MR) is 116 cm³/mol. The quantitative estimate of drug-likeness (QED) is 0.200. The van der Waals surface area contributed by atoms with Crippen molar-refractivity contribution >= 4 is 0 Å². The van der Waals surface area contributed by atoms with Gasteiger partial charge in [0.25, 0.3) is 0 Å². The molecule has 1 nitrogen and oxygen atoms in total. The summed E-state index contributed by atoms with van der Waals surface area (Å²) in [6.45, 7) is 7.36. The van der Waals surface area contributed by atoms with E-state index in [1.807, 2.05) is 0 Å². The number of unbranched alkanes of at least 4 members (excludes halogenated alkanes) is 16. The largest absolute Gasteiger partial charge is 1.00 e. The van der Waals surface area contributed by atoms with Crippen LogP contribution in [0.1, 0.15) is 129 Å². The average molecular weight is 390 g/mol. The van der Waals surface area contributed by atoms with Gasteiger partial charge in [0.05, 0.1) is 27.2 Å². The fraction of sp³-hybridized carbons (Fsp3) is 1.00. The highest BCUT2D eigenvalue weighted by Gasteiger charge is 2.13. The molecule has 0 aliphatic rings. The number of halogens is 1. The van der Waals surface area contributed by atoms with Crippen LogP contribution in [0.3, 0.4) is 0 Å². The van der Waals surface area contributed by atoms with Crippen molar-refractivity contribution in [1.82, 2.24) is 0 Å². The lowest BCUT2D eigenvalue weighted by Crippen LogP contribution is -3.00. The number of quaternary nitrogens is 1. The molecule has 0 aromatic rings. The minimum absolute atomic E-state index is 0. The van der Waals surface area contributed by atoms with Crippen LogP contribution < -0.4 is 12.4 Å². The Balaban J connectivity index is 0. The first kappa shape index (κ1) is 28.5. The van der Waals surface area contributed by atoms with Crippen molar-refractivity contribution in [3.63, 3.8) is 0 Å². The normalized spacial score (nSPS) is 11.5. The SMILES string of the molecule is CCCCCCCCCCC[N+](C)(C)CCCCCCCCCCC.[Cl-]. The van der Waals surface area contributed by atoms with Gasteiger partial charge in [-0.1, -0.05) is 104 Å². The minimum Gasteiger partial charge on any atom is -1.00 e. The smallest absolute Gasteiger partial charge is 0.0782 e. The van der Waals surface area contributed by atoms with Gasteiger partial charge in [0, 0.05) is 0 Å². The molecule has 0 radical (unpaired) electrons. The Labute approximate surface area is 173 Å². The van der Waals surface area contributed by atoms with Gasteiger partial charge in [0.1, 0.15) is 0 Å². The monoisotopic (exact) mass is 389 g/mol. The highest BCUT2D eigenvalue weighted by molar-refractivity contribution is 4.49. The minimum atomic E-state index is 0. The van der Waals surface area contributed by atoms with E-state index in [0.717, 1.165) is 0 Å². The maximum Gasteiger partial charge on any atom is 0.0782 e. The first-order valence-corrected chi connectivity index (χ1v) is 11.9. The number of nitrogens with zero attached hydrogens (tertiary/aromatic N) is 1. The van der Waals surface area contributed by atoms with E-state index in [1.165, 1.54) is 133 Å².